The summed E-state index contributed by atoms with van der Waals surface area (Å²) in [5.41, 5.74) is 6.22. The van der Waals surface area contributed by atoms with Gasteiger partial charge >= 0.3 is 0 Å². The molecule has 0 heterocycles. The van der Waals surface area contributed by atoms with E-state index in [0.717, 1.165) is 11.1 Å². The first-order valence-electron chi connectivity index (χ1n) is 7.47. The molecule has 2 aromatic carbocycles. The third-order valence-electron chi connectivity index (χ3n) is 3.53. The van der Waals surface area contributed by atoms with E-state index in [2.05, 4.69) is 43.4 Å². The lowest BCUT2D eigenvalue weighted by molar-refractivity contribution is 0.0955. The minimum Gasteiger partial charge on any atom is -0.267 e. The zero-order valence-corrected chi connectivity index (χ0v) is 14.6. The van der Waals surface area contributed by atoms with Crippen LogP contribution in [0.15, 0.2) is 47.6 Å². The van der Waals surface area contributed by atoms with Gasteiger partial charge in [-0.05, 0) is 41.2 Å². The second-order valence-corrected chi connectivity index (χ2v) is 6.96. The van der Waals surface area contributed by atoms with Gasteiger partial charge in [0.1, 0.15) is 0 Å². The van der Waals surface area contributed by atoms with Crippen molar-refractivity contribution in [3.8, 4) is 0 Å². The molecule has 0 aliphatic heterocycles. The molecule has 0 aliphatic carbocycles. The minimum atomic E-state index is -0.322. The van der Waals surface area contributed by atoms with Gasteiger partial charge in [0.2, 0.25) is 0 Å². The number of hydrazone groups is 1. The number of nitrogens with one attached hydrogen (secondary N) is 1. The highest BCUT2D eigenvalue weighted by atomic mass is 35.5. The Kier molecular flexibility index (Phi) is 5.22. The van der Waals surface area contributed by atoms with Crippen LogP contribution in [0.4, 0.5) is 0 Å². The average Bonchev–Trinajstić information content (AvgIpc) is 2.46. The number of carbonyl (C=O) groups is 1. The summed E-state index contributed by atoms with van der Waals surface area (Å²) in [6, 6.07) is 13.4. The number of benzene rings is 2. The number of hydrogen-bond donors (Lipinski definition) is 1. The Labute approximate surface area is 142 Å². The van der Waals surface area contributed by atoms with Gasteiger partial charge in [-0.1, -0.05) is 62.7 Å². The van der Waals surface area contributed by atoms with E-state index in [-0.39, 0.29) is 11.3 Å². The Balaban J connectivity index is 2.02. The van der Waals surface area contributed by atoms with E-state index in [9.17, 15) is 4.79 Å². The van der Waals surface area contributed by atoms with Gasteiger partial charge in [-0.25, -0.2) is 5.43 Å². The summed E-state index contributed by atoms with van der Waals surface area (Å²) in [5, 5.41) is 4.41. The fraction of sp³-hybridized carbons (Fsp3) is 0.263. The molecule has 23 heavy (non-hydrogen) atoms. The van der Waals surface area contributed by atoms with E-state index in [4.69, 9.17) is 11.6 Å². The summed E-state index contributed by atoms with van der Waals surface area (Å²) in [6.07, 6.45) is 1.62. The molecular formula is C19H21ClN2O. The van der Waals surface area contributed by atoms with Crippen molar-refractivity contribution >= 4 is 23.7 Å². The molecule has 2 aromatic rings. The Bertz CT molecular complexity index is 728. The van der Waals surface area contributed by atoms with Gasteiger partial charge in [0, 0.05) is 0 Å². The van der Waals surface area contributed by atoms with Crippen molar-refractivity contribution in [2.45, 2.75) is 33.1 Å². The molecule has 1 N–H and O–H groups in total. The second kappa shape index (κ2) is 6.97. The van der Waals surface area contributed by atoms with Crippen LogP contribution in [0.1, 0.15) is 47.8 Å². The zero-order valence-electron chi connectivity index (χ0n) is 13.9. The van der Waals surface area contributed by atoms with E-state index in [1.165, 1.54) is 5.56 Å². The molecule has 0 bridgehead atoms. The van der Waals surface area contributed by atoms with Crippen molar-refractivity contribution in [1.29, 1.82) is 0 Å². The fourth-order valence-corrected chi connectivity index (χ4v) is 2.42. The minimum absolute atomic E-state index is 0.117. The molecule has 0 radical (unpaired) electrons. The lowest BCUT2D eigenvalue weighted by atomic mass is 9.87. The third kappa shape index (κ3) is 4.67. The molecule has 0 aromatic heterocycles. The molecule has 4 heteroatoms. The Morgan fingerprint density at radius 2 is 1.78 bits per heavy atom. The second-order valence-electron chi connectivity index (χ2n) is 6.55. The predicted octanol–water partition coefficient (Wildman–Crippen LogP) is 4.71. The topological polar surface area (TPSA) is 41.5 Å². The SMILES string of the molecule is Cc1ccc(C(=O)N/N=C/c2ccc(C(C)(C)C)cc2)c(Cl)c1. The van der Waals surface area contributed by atoms with Crippen LogP contribution >= 0.6 is 11.6 Å². The van der Waals surface area contributed by atoms with E-state index >= 15 is 0 Å². The molecule has 2 rings (SSSR count). The lowest BCUT2D eigenvalue weighted by Gasteiger charge is -2.18. The van der Waals surface area contributed by atoms with Crippen molar-refractivity contribution in [2.24, 2.45) is 5.10 Å². The number of amides is 1. The summed E-state index contributed by atoms with van der Waals surface area (Å²) in [7, 11) is 0. The molecule has 0 saturated carbocycles. The molecule has 0 fully saturated rings. The maximum absolute atomic E-state index is 12.0. The maximum atomic E-state index is 12.0. The molecule has 0 aliphatic rings. The van der Waals surface area contributed by atoms with Gasteiger partial charge in [0.15, 0.2) is 0 Å². The monoisotopic (exact) mass is 328 g/mol. The maximum Gasteiger partial charge on any atom is 0.272 e. The first-order valence-corrected chi connectivity index (χ1v) is 7.85. The Morgan fingerprint density at radius 1 is 1.13 bits per heavy atom. The smallest absolute Gasteiger partial charge is 0.267 e. The van der Waals surface area contributed by atoms with Gasteiger partial charge in [-0.15, -0.1) is 0 Å². The zero-order chi connectivity index (χ0) is 17.0. The molecule has 120 valence electrons. The van der Waals surface area contributed by atoms with Crippen LogP contribution in [0.3, 0.4) is 0 Å². The number of halogens is 1. The van der Waals surface area contributed by atoms with Crippen molar-refractivity contribution < 1.29 is 4.79 Å². The standard InChI is InChI=1S/C19H21ClN2O/c1-13-5-10-16(17(20)11-13)18(23)22-21-12-14-6-8-15(9-7-14)19(2,3)4/h5-12H,1-4H3,(H,22,23)/b21-12+. The summed E-state index contributed by atoms with van der Waals surface area (Å²) in [5.74, 6) is -0.322. The molecular weight excluding hydrogens is 308 g/mol. The van der Waals surface area contributed by atoms with Crippen LogP contribution in [-0.4, -0.2) is 12.1 Å². The first kappa shape index (κ1) is 17.2. The molecule has 0 atom stereocenters. The van der Waals surface area contributed by atoms with Gasteiger partial charge in [0.05, 0.1) is 16.8 Å². The molecule has 0 saturated heterocycles. The highest BCUT2D eigenvalue weighted by molar-refractivity contribution is 6.33. The summed E-state index contributed by atoms with van der Waals surface area (Å²) < 4.78 is 0. The van der Waals surface area contributed by atoms with E-state index in [0.29, 0.717) is 10.6 Å². The highest BCUT2D eigenvalue weighted by Gasteiger charge is 2.12. The Morgan fingerprint density at radius 3 is 2.35 bits per heavy atom. The molecule has 0 spiro atoms. The molecule has 3 nitrogen and oxygen atoms in total. The van der Waals surface area contributed by atoms with Gasteiger partial charge in [0.25, 0.3) is 5.91 Å². The van der Waals surface area contributed by atoms with Crippen molar-refractivity contribution in [3.05, 3.63) is 69.7 Å². The van der Waals surface area contributed by atoms with E-state index < -0.39 is 0 Å². The lowest BCUT2D eigenvalue weighted by Crippen LogP contribution is -2.18. The normalized spacial score (nSPS) is 11.7. The average molecular weight is 329 g/mol. The highest BCUT2D eigenvalue weighted by Crippen LogP contribution is 2.21. The van der Waals surface area contributed by atoms with Crippen LogP contribution in [0, 0.1) is 6.92 Å². The van der Waals surface area contributed by atoms with Crippen LogP contribution < -0.4 is 5.43 Å². The predicted molar refractivity (Wildman–Crippen MR) is 96.4 cm³/mol. The number of rotatable bonds is 3. The number of nitrogens with zero attached hydrogens (tertiary/aromatic N) is 1. The summed E-state index contributed by atoms with van der Waals surface area (Å²) in [6.45, 7) is 8.43. The van der Waals surface area contributed by atoms with Crippen molar-refractivity contribution in [3.63, 3.8) is 0 Å². The van der Waals surface area contributed by atoms with Crippen LogP contribution in [0.5, 0.6) is 0 Å². The molecule has 0 unspecified atom stereocenters. The van der Waals surface area contributed by atoms with Gasteiger partial charge < -0.3 is 0 Å². The van der Waals surface area contributed by atoms with Gasteiger partial charge in [-0.2, -0.15) is 5.10 Å². The van der Waals surface area contributed by atoms with Gasteiger partial charge in [-0.3, -0.25) is 4.79 Å². The van der Waals surface area contributed by atoms with Crippen LogP contribution in [0.2, 0.25) is 5.02 Å². The van der Waals surface area contributed by atoms with Crippen molar-refractivity contribution in [1.82, 2.24) is 5.43 Å². The fourth-order valence-electron chi connectivity index (χ4n) is 2.10. The quantitative estimate of drug-likeness (QED) is 0.643. The summed E-state index contributed by atoms with van der Waals surface area (Å²) >= 11 is 6.07. The Hall–Kier alpha value is -2.13. The third-order valence-corrected chi connectivity index (χ3v) is 3.84. The van der Waals surface area contributed by atoms with E-state index in [1.807, 2.05) is 25.1 Å². The number of carbonyl (C=O) groups excluding carboxylic acids is 1. The first-order chi connectivity index (χ1) is 10.8. The van der Waals surface area contributed by atoms with E-state index in [1.54, 1.807) is 18.3 Å². The summed E-state index contributed by atoms with van der Waals surface area (Å²) in [4.78, 5) is 12.0. The number of hydrogen-bond acceptors (Lipinski definition) is 2. The van der Waals surface area contributed by atoms with Crippen molar-refractivity contribution in [2.75, 3.05) is 0 Å². The van der Waals surface area contributed by atoms with Crippen LogP contribution in [0.25, 0.3) is 0 Å². The largest absolute Gasteiger partial charge is 0.272 e. The number of aryl methyl sites for hydroxylation is 1. The van der Waals surface area contributed by atoms with Crippen LogP contribution in [-0.2, 0) is 5.41 Å². The molecule has 1 amide bonds.